The summed E-state index contributed by atoms with van der Waals surface area (Å²) in [6.45, 7) is 6.52. The molecule has 4 rings (SSSR count). The van der Waals surface area contributed by atoms with E-state index in [1.165, 1.54) is 6.08 Å². The average Bonchev–Trinajstić information content (AvgIpc) is 2.97. The summed E-state index contributed by atoms with van der Waals surface area (Å²) in [6.07, 6.45) is -1.20. The first-order valence-corrected chi connectivity index (χ1v) is 13.6. The van der Waals surface area contributed by atoms with Crippen molar-refractivity contribution >= 4 is 11.8 Å². The van der Waals surface area contributed by atoms with Crippen LogP contribution in [0.15, 0.2) is 85.5 Å². The molecule has 0 aliphatic carbocycles. The first-order valence-electron chi connectivity index (χ1n) is 13.6. The Labute approximate surface area is 240 Å². The predicted molar refractivity (Wildman–Crippen MR) is 155 cm³/mol. The van der Waals surface area contributed by atoms with Crippen LogP contribution >= 0.6 is 0 Å². The number of aliphatic hydroxyl groups excluding tert-OH is 2. The van der Waals surface area contributed by atoms with Crippen molar-refractivity contribution in [1.29, 1.82) is 0 Å². The van der Waals surface area contributed by atoms with Crippen molar-refractivity contribution in [2.45, 2.75) is 38.1 Å². The maximum absolute atomic E-state index is 12.1. The molecule has 218 valence electrons. The largest absolute Gasteiger partial charge is 0.508 e. The van der Waals surface area contributed by atoms with Gasteiger partial charge in [-0.25, -0.2) is 4.79 Å². The molecule has 0 radical (unpaired) electrons. The van der Waals surface area contributed by atoms with Crippen molar-refractivity contribution in [1.82, 2.24) is 4.90 Å². The van der Waals surface area contributed by atoms with Gasteiger partial charge in [-0.3, -0.25) is 5.32 Å². The van der Waals surface area contributed by atoms with Gasteiger partial charge in [-0.15, -0.1) is 0 Å². The van der Waals surface area contributed by atoms with E-state index < -0.39 is 18.5 Å². The summed E-state index contributed by atoms with van der Waals surface area (Å²) in [5.74, 6) is 0.0518. The number of carbonyl (C=O) groups excluding carboxylic acids is 1. The lowest BCUT2D eigenvalue weighted by atomic mass is 9.90. The number of nitrogens with one attached hydrogen (secondary N) is 1. The van der Waals surface area contributed by atoms with Crippen molar-refractivity contribution < 1.29 is 34.3 Å². The molecular weight excluding hydrogens is 524 g/mol. The number of likely N-dealkylation sites (N-methyl/N-ethyl adjacent to an activating group) is 1. The van der Waals surface area contributed by atoms with Crippen LogP contribution in [0.1, 0.15) is 47.7 Å². The summed E-state index contributed by atoms with van der Waals surface area (Å²) in [7, 11) is 1.91. The summed E-state index contributed by atoms with van der Waals surface area (Å²) in [5.41, 5.74) is 3.66. The molecule has 0 saturated carbocycles. The highest BCUT2D eigenvalue weighted by Crippen LogP contribution is 2.42. The Kier molecular flexibility index (Phi) is 10.5. The Morgan fingerprint density at radius 1 is 1.10 bits per heavy atom. The molecule has 1 amide bonds. The number of benzene rings is 3. The van der Waals surface area contributed by atoms with Crippen molar-refractivity contribution in [3.05, 3.63) is 108 Å². The first kappa shape index (κ1) is 30.2. The van der Waals surface area contributed by atoms with Crippen LogP contribution in [0.5, 0.6) is 5.75 Å². The van der Waals surface area contributed by atoms with E-state index in [4.69, 9.17) is 14.2 Å². The third-order valence-corrected chi connectivity index (χ3v) is 7.09. The maximum Gasteiger partial charge on any atom is 0.411 e. The van der Waals surface area contributed by atoms with Gasteiger partial charge in [0.2, 0.25) is 0 Å². The highest BCUT2D eigenvalue weighted by Gasteiger charge is 2.39. The van der Waals surface area contributed by atoms with Gasteiger partial charge in [0.25, 0.3) is 0 Å². The molecule has 4 N–H and O–H groups in total. The standard InChI is InChI=1S/C32H38N2O7/c1-4-15-39-32(38)33-26-9-5-8-25(16-26)31-40-29(19-34(3)18-28(37)24-7-6-10-27(36)17-24)21(2)30(41-31)23-13-11-22(20-35)12-14-23/h4-14,16-17,21,28-31,35-37H,1,15,18-20H2,2-3H3,(H,33,38)/t21-,28+,29+,30+,31+/m0/s1. The lowest BCUT2D eigenvalue weighted by molar-refractivity contribution is -0.276. The Morgan fingerprint density at radius 2 is 1.85 bits per heavy atom. The molecular formula is C32H38N2O7. The monoisotopic (exact) mass is 562 g/mol. The summed E-state index contributed by atoms with van der Waals surface area (Å²) in [6, 6.07) is 21.5. The summed E-state index contributed by atoms with van der Waals surface area (Å²) in [4.78, 5) is 14.1. The van der Waals surface area contributed by atoms with E-state index in [9.17, 15) is 20.1 Å². The molecule has 0 unspecified atom stereocenters. The second-order valence-corrected chi connectivity index (χ2v) is 10.3. The first-order chi connectivity index (χ1) is 19.8. The Hall–Kier alpha value is -3.73. The number of hydrogen-bond acceptors (Lipinski definition) is 8. The second-order valence-electron chi connectivity index (χ2n) is 10.3. The highest BCUT2D eigenvalue weighted by atomic mass is 16.7. The Bertz CT molecular complexity index is 1300. The summed E-state index contributed by atoms with van der Waals surface area (Å²) >= 11 is 0. The number of carbonyl (C=O) groups is 1. The number of amides is 1. The van der Waals surface area contributed by atoms with E-state index in [0.717, 1.165) is 16.7 Å². The molecule has 3 aromatic carbocycles. The van der Waals surface area contributed by atoms with Crippen LogP contribution in [0.3, 0.4) is 0 Å². The van der Waals surface area contributed by atoms with Gasteiger partial charge in [-0.1, -0.05) is 68.1 Å². The van der Waals surface area contributed by atoms with Gasteiger partial charge < -0.3 is 34.4 Å². The number of ether oxygens (including phenoxy) is 3. The average molecular weight is 563 g/mol. The number of rotatable bonds is 11. The zero-order valence-electron chi connectivity index (χ0n) is 23.3. The van der Waals surface area contributed by atoms with Gasteiger partial charge in [-0.2, -0.15) is 0 Å². The number of nitrogens with zero attached hydrogens (tertiary/aromatic N) is 1. The molecule has 3 aromatic rings. The van der Waals surface area contributed by atoms with Gasteiger partial charge in [-0.05, 0) is 48.0 Å². The van der Waals surface area contributed by atoms with Crippen LogP contribution in [-0.4, -0.2) is 59.2 Å². The fourth-order valence-electron chi connectivity index (χ4n) is 4.89. The van der Waals surface area contributed by atoms with Crippen molar-refractivity contribution in [2.75, 3.05) is 32.1 Å². The maximum atomic E-state index is 12.1. The number of aromatic hydroxyl groups is 1. The van der Waals surface area contributed by atoms with Gasteiger partial charge in [0.1, 0.15) is 12.4 Å². The van der Waals surface area contributed by atoms with Crippen LogP contribution in [0.4, 0.5) is 10.5 Å². The highest BCUT2D eigenvalue weighted by molar-refractivity contribution is 5.84. The zero-order chi connectivity index (χ0) is 29.4. The lowest BCUT2D eigenvalue weighted by Crippen LogP contribution is -2.44. The fraction of sp³-hybridized carbons (Fsp3) is 0.344. The lowest BCUT2D eigenvalue weighted by Gasteiger charge is -2.42. The van der Waals surface area contributed by atoms with Crippen LogP contribution in [0, 0.1) is 5.92 Å². The van der Waals surface area contributed by atoms with Crippen molar-refractivity contribution in [2.24, 2.45) is 5.92 Å². The Balaban J connectivity index is 1.54. The molecule has 1 aliphatic rings. The Morgan fingerprint density at radius 3 is 2.56 bits per heavy atom. The molecule has 0 spiro atoms. The number of aliphatic hydroxyl groups is 2. The van der Waals surface area contributed by atoms with E-state index in [2.05, 4.69) is 18.8 Å². The molecule has 0 aromatic heterocycles. The molecule has 41 heavy (non-hydrogen) atoms. The van der Waals surface area contributed by atoms with Gasteiger partial charge >= 0.3 is 6.09 Å². The number of hydrogen-bond donors (Lipinski definition) is 4. The third-order valence-electron chi connectivity index (χ3n) is 7.09. The molecule has 9 nitrogen and oxygen atoms in total. The van der Waals surface area contributed by atoms with Crippen LogP contribution < -0.4 is 5.32 Å². The van der Waals surface area contributed by atoms with Crippen LogP contribution in [0.25, 0.3) is 0 Å². The minimum absolute atomic E-state index is 0.0446. The SMILES string of the molecule is C=CCOC(=O)Nc1cccc([C@@H]2O[C@H](CN(C)C[C@@H](O)c3cccc(O)c3)[C@H](C)[C@H](c3ccc(CO)cc3)O2)c1. The molecule has 1 aliphatic heterocycles. The summed E-state index contributed by atoms with van der Waals surface area (Å²) in [5, 5.41) is 32.8. The number of anilines is 1. The normalized spacial score (nSPS) is 21.3. The van der Waals surface area contributed by atoms with Gasteiger partial charge in [0.15, 0.2) is 6.29 Å². The minimum Gasteiger partial charge on any atom is -0.508 e. The molecule has 1 heterocycles. The van der Waals surface area contributed by atoms with Crippen molar-refractivity contribution in [3.63, 3.8) is 0 Å². The van der Waals surface area contributed by atoms with Gasteiger partial charge in [0.05, 0.1) is 24.9 Å². The van der Waals surface area contributed by atoms with E-state index in [1.807, 2.05) is 42.3 Å². The van der Waals surface area contributed by atoms with Crippen LogP contribution in [0.2, 0.25) is 0 Å². The fourth-order valence-corrected chi connectivity index (χ4v) is 4.89. The van der Waals surface area contributed by atoms with E-state index >= 15 is 0 Å². The minimum atomic E-state index is -0.788. The van der Waals surface area contributed by atoms with Gasteiger partial charge in [0, 0.05) is 30.3 Å². The molecule has 1 fully saturated rings. The van der Waals surface area contributed by atoms with Crippen LogP contribution in [-0.2, 0) is 20.8 Å². The van der Waals surface area contributed by atoms with E-state index in [1.54, 1.807) is 42.5 Å². The summed E-state index contributed by atoms with van der Waals surface area (Å²) < 4.78 is 18.0. The molecule has 5 atom stereocenters. The third kappa shape index (κ3) is 8.16. The molecule has 1 saturated heterocycles. The topological polar surface area (TPSA) is 121 Å². The van der Waals surface area contributed by atoms with Crippen molar-refractivity contribution in [3.8, 4) is 5.75 Å². The van der Waals surface area contributed by atoms with E-state index in [-0.39, 0.29) is 37.1 Å². The smallest absolute Gasteiger partial charge is 0.411 e. The number of phenols is 1. The number of phenolic OH excluding ortho intramolecular Hbond substituents is 1. The molecule has 0 bridgehead atoms. The quantitative estimate of drug-likeness (QED) is 0.239. The van der Waals surface area contributed by atoms with E-state index in [0.29, 0.717) is 24.3 Å². The zero-order valence-corrected chi connectivity index (χ0v) is 23.3. The predicted octanol–water partition coefficient (Wildman–Crippen LogP) is 5.08. The second kappa shape index (κ2) is 14.2. The molecule has 9 heteroatoms.